The second-order valence-corrected chi connectivity index (χ2v) is 11.2. The Morgan fingerprint density at radius 3 is 2.29 bits per heavy atom. The Morgan fingerprint density at radius 2 is 1.71 bits per heavy atom. The number of amides is 2. The summed E-state index contributed by atoms with van der Waals surface area (Å²) in [5.41, 5.74) is 2.08. The number of nitrogens with one attached hydrogen (secondary N) is 1. The van der Waals surface area contributed by atoms with Crippen molar-refractivity contribution in [2.24, 2.45) is 0 Å². The molecule has 35 heavy (non-hydrogen) atoms. The standard InChI is InChI=1S/C26H36ClN3O4S/c1-6-23(26(32)28-19(2)3)29(18-21-12-8-7-9-13-21)25(31)16-11-17-30(35(5,33)34)24-15-10-14-22(27)20(24)4/h7-10,12-15,19,23H,6,11,16-18H2,1-5H3,(H,28,32). The fourth-order valence-corrected chi connectivity index (χ4v) is 5.11. The number of benzene rings is 2. The largest absolute Gasteiger partial charge is 0.352 e. The molecule has 0 radical (unpaired) electrons. The van der Waals surface area contributed by atoms with Gasteiger partial charge in [-0.05, 0) is 56.9 Å². The highest BCUT2D eigenvalue weighted by atomic mass is 35.5. The van der Waals surface area contributed by atoms with Crippen molar-refractivity contribution < 1.29 is 18.0 Å². The topological polar surface area (TPSA) is 86.8 Å². The molecule has 2 aromatic carbocycles. The van der Waals surface area contributed by atoms with Crippen molar-refractivity contribution >= 4 is 39.1 Å². The molecule has 0 fully saturated rings. The van der Waals surface area contributed by atoms with Gasteiger partial charge in [-0.2, -0.15) is 0 Å². The summed E-state index contributed by atoms with van der Waals surface area (Å²) in [6.07, 6.45) is 2.00. The van der Waals surface area contributed by atoms with Gasteiger partial charge in [0.2, 0.25) is 21.8 Å². The van der Waals surface area contributed by atoms with Gasteiger partial charge in [0.15, 0.2) is 0 Å². The van der Waals surface area contributed by atoms with Gasteiger partial charge in [0, 0.05) is 30.6 Å². The summed E-state index contributed by atoms with van der Waals surface area (Å²) in [4.78, 5) is 27.9. The summed E-state index contributed by atoms with van der Waals surface area (Å²) in [5, 5.41) is 3.38. The summed E-state index contributed by atoms with van der Waals surface area (Å²) in [6, 6.07) is 14.0. The van der Waals surface area contributed by atoms with Gasteiger partial charge < -0.3 is 10.2 Å². The zero-order valence-corrected chi connectivity index (χ0v) is 22.7. The number of rotatable bonds is 12. The maximum atomic E-state index is 13.4. The first-order chi connectivity index (χ1) is 16.5. The molecule has 1 N–H and O–H groups in total. The molecule has 2 aromatic rings. The first-order valence-corrected chi connectivity index (χ1v) is 14.0. The summed E-state index contributed by atoms with van der Waals surface area (Å²) in [5.74, 6) is -0.394. The minimum atomic E-state index is -3.59. The van der Waals surface area contributed by atoms with E-state index in [1.165, 1.54) is 4.31 Å². The maximum absolute atomic E-state index is 13.4. The average molecular weight is 522 g/mol. The molecule has 0 bridgehead atoms. The zero-order valence-electron chi connectivity index (χ0n) is 21.1. The Labute approximate surface area is 214 Å². The third-order valence-corrected chi connectivity index (χ3v) is 7.26. The molecule has 0 aliphatic rings. The van der Waals surface area contributed by atoms with Crippen LogP contribution in [0.5, 0.6) is 0 Å². The van der Waals surface area contributed by atoms with Crippen molar-refractivity contribution in [3.8, 4) is 0 Å². The van der Waals surface area contributed by atoms with Crippen LogP contribution in [0.25, 0.3) is 0 Å². The van der Waals surface area contributed by atoms with Crippen molar-refractivity contribution in [3.63, 3.8) is 0 Å². The van der Waals surface area contributed by atoms with Crippen LogP contribution >= 0.6 is 11.6 Å². The van der Waals surface area contributed by atoms with Crippen LogP contribution in [-0.4, -0.2) is 50.0 Å². The van der Waals surface area contributed by atoms with E-state index in [1.54, 1.807) is 30.0 Å². The van der Waals surface area contributed by atoms with Gasteiger partial charge in [0.25, 0.3) is 0 Å². The van der Waals surface area contributed by atoms with E-state index in [1.807, 2.05) is 51.1 Å². The molecule has 2 rings (SSSR count). The fraction of sp³-hybridized carbons (Fsp3) is 0.462. The van der Waals surface area contributed by atoms with Crippen molar-refractivity contribution in [1.29, 1.82) is 0 Å². The number of halogens is 1. The number of sulfonamides is 1. The van der Waals surface area contributed by atoms with E-state index in [-0.39, 0.29) is 30.8 Å². The van der Waals surface area contributed by atoms with E-state index in [4.69, 9.17) is 11.6 Å². The van der Waals surface area contributed by atoms with Crippen LogP contribution in [0.1, 0.15) is 51.2 Å². The number of carbonyl (C=O) groups excluding carboxylic acids is 2. The number of hydrogen-bond acceptors (Lipinski definition) is 4. The molecule has 1 atom stereocenters. The highest BCUT2D eigenvalue weighted by Crippen LogP contribution is 2.28. The van der Waals surface area contributed by atoms with Crippen LogP contribution < -0.4 is 9.62 Å². The second-order valence-electron chi connectivity index (χ2n) is 8.92. The lowest BCUT2D eigenvalue weighted by atomic mass is 10.1. The SMILES string of the molecule is CCC(C(=O)NC(C)C)N(Cc1ccccc1)C(=O)CCCN(c1cccc(Cl)c1C)S(C)(=O)=O. The molecular weight excluding hydrogens is 486 g/mol. The van der Waals surface area contributed by atoms with Gasteiger partial charge >= 0.3 is 0 Å². The van der Waals surface area contributed by atoms with Crippen molar-refractivity contribution in [3.05, 3.63) is 64.7 Å². The smallest absolute Gasteiger partial charge is 0.243 e. The molecule has 1 unspecified atom stereocenters. The van der Waals surface area contributed by atoms with Crippen molar-refractivity contribution in [2.45, 2.75) is 65.6 Å². The maximum Gasteiger partial charge on any atom is 0.243 e. The molecule has 0 spiro atoms. The Bertz CT molecular complexity index is 1110. The molecule has 0 saturated heterocycles. The quantitative estimate of drug-likeness (QED) is 0.444. The summed E-state index contributed by atoms with van der Waals surface area (Å²) >= 11 is 6.21. The third-order valence-electron chi connectivity index (χ3n) is 5.67. The number of anilines is 1. The van der Waals surface area contributed by atoms with Crippen molar-refractivity contribution in [2.75, 3.05) is 17.1 Å². The lowest BCUT2D eigenvalue weighted by Gasteiger charge is -2.31. The number of carbonyl (C=O) groups is 2. The Kier molecular flexibility index (Phi) is 10.6. The fourth-order valence-electron chi connectivity index (χ4n) is 3.93. The first kappa shape index (κ1) is 28.7. The predicted molar refractivity (Wildman–Crippen MR) is 142 cm³/mol. The third kappa shape index (κ3) is 8.25. The number of nitrogens with zero attached hydrogens (tertiary/aromatic N) is 2. The van der Waals surface area contributed by atoms with Gasteiger partial charge in [0.05, 0.1) is 11.9 Å². The molecule has 7 nitrogen and oxygen atoms in total. The lowest BCUT2D eigenvalue weighted by Crippen LogP contribution is -2.50. The minimum Gasteiger partial charge on any atom is -0.352 e. The van der Waals surface area contributed by atoms with Gasteiger partial charge in [0.1, 0.15) is 6.04 Å². The van der Waals surface area contributed by atoms with Crippen LogP contribution in [0.3, 0.4) is 0 Å². The van der Waals surface area contributed by atoms with Crippen LogP contribution in [0.2, 0.25) is 5.02 Å². The summed E-state index contributed by atoms with van der Waals surface area (Å²) in [6.45, 7) is 7.83. The molecule has 9 heteroatoms. The second kappa shape index (κ2) is 12.9. The monoisotopic (exact) mass is 521 g/mol. The first-order valence-electron chi connectivity index (χ1n) is 11.8. The minimum absolute atomic E-state index is 0.0468. The highest BCUT2D eigenvalue weighted by molar-refractivity contribution is 7.92. The summed E-state index contributed by atoms with van der Waals surface area (Å²) < 4.78 is 26.3. The van der Waals surface area contributed by atoms with E-state index < -0.39 is 16.1 Å². The average Bonchev–Trinajstić information content (AvgIpc) is 2.78. The number of hydrogen-bond donors (Lipinski definition) is 1. The van der Waals surface area contributed by atoms with E-state index >= 15 is 0 Å². The molecule has 0 saturated carbocycles. The lowest BCUT2D eigenvalue weighted by molar-refractivity contribution is -0.141. The van der Waals surface area contributed by atoms with Crippen LogP contribution in [0.15, 0.2) is 48.5 Å². The van der Waals surface area contributed by atoms with Gasteiger partial charge in [-0.25, -0.2) is 8.42 Å². The molecule has 0 aliphatic heterocycles. The molecule has 192 valence electrons. The summed E-state index contributed by atoms with van der Waals surface area (Å²) in [7, 11) is -3.59. The van der Waals surface area contributed by atoms with Crippen molar-refractivity contribution in [1.82, 2.24) is 10.2 Å². The predicted octanol–water partition coefficient (Wildman–Crippen LogP) is 4.53. The highest BCUT2D eigenvalue weighted by Gasteiger charge is 2.29. The Hall–Kier alpha value is -2.58. The van der Waals surface area contributed by atoms with Gasteiger partial charge in [-0.3, -0.25) is 13.9 Å². The van der Waals surface area contributed by atoms with E-state index in [9.17, 15) is 18.0 Å². The Morgan fingerprint density at radius 1 is 1.06 bits per heavy atom. The van der Waals surface area contributed by atoms with Gasteiger partial charge in [-0.15, -0.1) is 0 Å². The molecular formula is C26H36ClN3O4S. The van der Waals surface area contributed by atoms with Crippen LogP contribution in [0, 0.1) is 6.92 Å². The van der Waals surface area contributed by atoms with E-state index in [2.05, 4.69) is 5.32 Å². The normalized spacial score (nSPS) is 12.3. The van der Waals surface area contributed by atoms with Crippen LogP contribution in [-0.2, 0) is 26.2 Å². The van der Waals surface area contributed by atoms with E-state index in [0.717, 1.165) is 11.8 Å². The van der Waals surface area contributed by atoms with Crippen LogP contribution in [0.4, 0.5) is 5.69 Å². The molecule has 2 amide bonds. The van der Waals surface area contributed by atoms with E-state index in [0.29, 0.717) is 35.7 Å². The molecule has 0 aliphatic carbocycles. The van der Waals surface area contributed by atoms with Gasteiger partial charge in [-0.1, -0.05) is 54.9 Å². The zero-order chi connectivity index (χ0) is 26.2. The molecule has 0 heterocycles. The Balaban J connectivity index is 2.22. The molecule has 0 aromatic heterocycles.